The number of thiophene rings is 1. The number of esters is 1. The first-order chi connectivity index (χ1) is 13.1. The molecule has 27 heavy (non-hydrogen) atoms. The normalized spacial score (nSPS) is 10.4. The van der Waals surface area contributed by atoms with Crippen LogP contribution in [0.25, 0.3) is 10.6 Å². The zero-order valence-corrected chi connectivity index (χ0v) is 15.7. The lowest BCUT2D eigenvalue weighted by molar-refractivity contribution is 0.0475. The number of halogens is 1. The van der Waals surface area contributed by atoms with Crippen molar-refractivity contribution in [1.29, 1.82) is 5.26 Å². The van der Waals surface area contributed by atoms with Crippen LogP contribution in [0.15, 0.2) is 48.0 Å². The summed E-state index contributed by atoms with van der Waals surface area (Å²) in [7, 11) is 0. The van der Waals surface area contributed by atoms with Crippen LogP contribution in [0.5, 0.6) is 0 Å². The van der Waals surface area contributed by atoms with E-state index in [4.69, 9.17) is 21.6 Å². The lowest BCUT2D eigenvalue weighted by atomic mass is 10.1. The van der Waals surface area contributed by atoms with Crippen molar-refractivity contribution in [2.45, 2.75) is 13.0 Å². The molecule has 1 aromatic carbocycles. The monoisotopic (exact) mass is 399 g/mol. The van der Waals surface area contributed by atoms with Gasteiger partial charge in [-0.3, -0.25) is 9.48 Å². The molecule has 0 unspecified atom stereocenters. The number of ketones is 1. The van der Waals surface area contributed by atoms with Crippen molar-refractivity contribution in [1.82, 2.24) is 9.78 Å². The third kappa shape index (κ3) is 4.61. The first-order valence-corrected chi connectivity index (χ1v) is 9.28. The molecule has 6 nitrogen and oxygen atoms in total. The van der Waals surface area contributed by atoms with Crippen molar-refractivity contribution in [3.63, 3.8) is 0 Å². The second-order valence-electron chi connectivity index (χ2n) is 5.55. The molecule has 0 aliphatic rings. The predicted molar refractivity (Wildman–Crippen MR) is 102 cm³/mol. The zero-order valence-electron chi connectivity index (χ0n) is 14.1. The molecule has 2 aromatic heterocycles. The van der Waals surface area contributed by atoms with E-state index in [0.29, 0.717) is 22.8 Å². The van der Waals surface area contributed by atoms with Crippen LogP contribution in [-0.4, -0.2) is 28.1 Å². The number of nitriles is 1. The molecule has 136 valence electrons. The second-order valence-corrected chi connectivity index (χ2v) is 6.93. The van der Waals surface area contributed by atoms with E-state index in [1.807, 2.05) is 23.6 Å². The van der Waals surface area contributed by atoms with Gasteiger partial charge in [-0.2, -0.15) is 10.4 Å². The maximum Gasteiger partial charge on any atom is 0.342 e. The van der Waals surface area contributed by atoms with Gasteiger partial charge >= 0.3 is 5.97 Å². The summed E-state index contributed by atoms with van der Waals surface area (Å²) in [5.41, 5.74) is 1.15. The van der Waals surface area contributed by atoms with E-state index in [1.54, 1.807) is 30.5 Å². The molecule has 8 heteroatoms. The van der Waals surface area contributed by atoms with Gasteiger partial charge in [0.1, 0.15) is 11.3 Å². The minimum Gasteiger partial charge on any atom is -0.454 e. The van der Waals surface area contributed by atoms with Gasteiger partial charge in [0.15, 0.2) is 12.4 Å². The van der Waals surface area contributed by atoms with E-state index in [0.717, 1.165) is 4.88 Å². The number of aryl methyl sites for hydroxylation is 1. The fourth-order valence-corrected chi connectivity index (χ4v) is 3.22. The Morgan fingerprint density at radius 3 is 2.70 bits per heavy atom. The molecule has 0 radical (unpaired) electrons. The summed E-state index contributed by atoms with van der Waals surface area (Å²) in [6.45, 7) is -0.0143. The molecule has 0 saturated heterocycles. The number of aromatic nitrogens is 2. The summed E-state index contributed by atoms with van der Waals surface area (Å²) >= 11 is 7.24. The van der Waals surface area contributed by atoms with Gasteiger partial charge in [-0.1, -0.05) is 17.7 Å². The highest BCUT2D eigenvalue weighted by Gasteiger charge is 2.21. The lowest BCUT2D eigenvalue weighted by Gasteiger charge is -2.04. The Labute approximate surface area is 164 Å². The summed E-state index contributed by atoms with van der Waals surface area (Å²) < 4.78 is 6.73. The molecular weight excluding hydrogens is 386 g/mol. The summed E-state index contributed by atoms with van der Waals surface area (Å²) in [6.07, 6.45) is 1.82. The first-order valence-electron chi connectivity index (χ1n) is 8.02. The maximum absolute atomic E-state index is 12.5. The van der Waals surface area contributed by atoms with Crippen molar-refractivity contribution >= 4 is 34.7 Å². The first kappa shape index (κ1) is 18.8. The molecule has 0 aliphatic heterocycles. The van der Waals surface area contributed by atoms with Crippen LogP contribution in [0.4, 0.5) is 0 Å². The van der Waals surface area contributed by atoms with Gasteiger partial charge in [-0.25, -0.2) is 4.79 Å². The number of nitrogens with zero attached hydrogens (tertiary/aromatic N) is 3. The SMILES string of the molecule is N#CCCn1cc(C(=O)OCC(=O)c2ccc(Cl)cc2)c(-c2cccs2)n1. The number of rotatable bonds is 7. The summed E-state index contributed by atoms with van der Waals surface area (Å²) in [6, 6.07) is 12.1. The molecule has 3 aromatic rings. The van der Waals surface area contributed by atoms with E-state index < -0.39 is 5.97 Å². The standard InChI is InChI=1S/C19H14ClN3O3S/c20-14-6-4-13(5-7-14)16(24)12-26-19(25)15-11-23(9-2-8-21)22-18(15)17-3-1-10-27-17/h1,3-7,10-11H,2,9,12H2. The number of benzene rings is 1. The molecule has 0 saturated carbocycles. The van der Waals surface area contributed by atoms with Crippen LogP contribution in [-0.2, 0) is 11.3 Å². The number of hydrogen-bond donors (Lipinski definition) is 0. The van der Waals surface area contributed by atoms with Gasteiger partial charge in [-0.05, 0) is 35.7 Å². The molecular formula is C19H14ClN3O3S. The van der Waals surface area contributed by atoms with Crippen LogP contribution in [0.2, 0.25) is 5.02 Å². The van der Waals surface area contributed by atoms with Crippen LogP contribution in [0, 0.1) is 11.3 Å². The molecule has 0 aliphatic carbocycles. The second kappa shape index (κ2) is 8.62. The van der Waals surface area contributed by atoms with E-state index in [2.05, 4.69) is 5.10 Å². The number of ether oxygens (including phenoxy) is 1. The van der Waals surface area contributed by atoms with E-state index >= 15 is 0 Å². The van der Waals surface area contributed by atoms with Crippen molar-refractivity contribution < 1.29 is 14.3 Å². The third-order valence-corrected chi connectivity index (χ3v) is 4.82. The molecule has 0 spiro atoms. The largest absolute Gasteiger partial charge is 0.454 e. The fourth-order valence-electron chi connectivity index (χ4n) is 2.37. The van der Waals surface area contributed by atoms with Crippen LogP contribution >= 0.6 is 22.9 Å². The van der Waals surface area contributed by atoms with Crippen LogP contribution < -0.4 is 0 Å². The molecule has 0 atom stereocenters. The number of carbonyl (C=O) groups excluding carboxylic acids is 2. The third-order valence-electron chi connectivity index (χ3n) is 3.69. The average molecular weight is 400 g/mol. The molecule has 3 rings (SSSR count). The Balaban J connectivity index is 1.75. The number of Topliss-reactive ketones (excluding diaryl/α,β-unsaturated/α-hetero) is 1. The van der Waals surface area contributed by atoms with Crippen molar-refractivity contribution in [3.05, 3.63) is 64.1 Å². The molecule has 0 fully saturated rings. The average Bonchev–Trinajstić information content (AvgIpc) is 3.34. The maximum atomic E-state index is 12.5. The van der Waals surface area contributed by atoms with Crippen LogP contribution in [0.3, 0.4) is 0 Å². The minimum atomic E-state index is -0.635. The zero-order chi connectivity index (χ0) is 19.2. The van der Waals surface area contributed by atoms with E-state index in [1.165, 1.54) is 16.0 Å². The highest BCUT2D eigenvalue weighted by atomic mass is 35.5. The summed E-state index contributed by atoms with van der Waals surface area (Å²) in [5.74, 6) is -0.960. The smallest absolute Gasteiger partial charge is 0.342 e. The molecule has 0 amide bonds. The van der Waals surface area contributed by atoms with Gasteiger partial charge in [0, 0.05) is 16.8 Å². The van der Waals surface area contributed by atoms with Crippen molar-refractivity contribution in [2.24, 2.45) is 0 Å². The number of hydrogen-bond acceptors (Lipinski definition) is 6. The van der Waals surface area contributed by atoms with Crippen LogP contribution in [0.1, 0.15) is 27.1 Å². The topological polar surface area (TPSA) is 85.0 Å². The Morgan fingerprint density at radius 2 is 2.04 bits per heavy atom. The molecule has 0 bridgehead atoms. The Kier molecular flexibility index (Phi) is 6.01. The van der Waals surface area contributed by atoms with Crippen molar-refractivity contribution in [2.75, 3.05) is 6.61 Å². The predicted octanol–water partition coefficient (Wildman–Crippen LogP) is 4.22. The highest BCUT2D eigenvalue weighted by Crippen LogP contribution is 2.27. The lowest BCUT2D eigenvalue weighted by Crippen LogP contribution is -2.14. The Bertz CT molecular complexity index is 988. The number of carbonyl (C=O) groups is 2. The molecule has 2 heterocycles. The Hall–Kier alpha value is -2.95. The van der Waals surface area contributed by atoms with Gasteiger partial charge < -0.3 is 4.74 Å². The Morgan fingerprint density at radius 1 is 1.26 bits per heavy atom. The fraction of sp³-hybridized carbons (Fsp3) is 0.158. The van der Waals surface area contributed by atoms with Gasteiger partial charge in [0.2, 0.25) is 0 Å². The van der Waals surface area contributed by atoms with E-state index in [9.17, 15) is 9.59 Å². The van der Waals surface area contributed by atoms with Gasteiger partial charge in [0.05, 0.1) is 23.9 Å². The van der Waals surface area contributed by atoms with Gasteiger partial charge in [-0.15, -0.1) is 11.3 Å². The minimum absolute atomic E-state index is 0.263. The molecule has 0 N–H and O–H groups in total. The highest BCUT2D eigenvalue weighted by molar-refractivity contribution is 7.13. The summed E-state index contributed by atoms with van der Waals surface area (Å²) in [5, 5.41) is 15.5. The van der Waals surface area contributed by atoms with Gasteiger partial charge in [0.25, 0.3) is 0 Å². The van der Waals surface area contributed by atoms with Crippen molar-refractivity contribution in [3.8, 4) is 16.6 Å². The van der Waals surface area contributed by atoms with E-state index in [-0.39, 0.29) is 24.4 Å². The quantitative estimate of drug-likeness (QED) is 0.438. The summed E-state index contributed by atoms with van der Waals surface area (Å²) in [4.78, 5) is 25.5.